The van der Waals surface area contributed by atoms with E-state index in [1.165, 1.54) is 0 Å². The number of hydrogen-bond acceptors (Lipinski definition) is 3. The Kier molecular flexibility index (Phi) is 4.62. The van der Waals surface area contributed by atoms with E-state index in [0.717, 1.165) is 16.8 Å². The van der Waals surface area contributed by atoms with E-state index in [4.69, 9.17) is 16.0 Å². The van der Waals surface area contributed by atoms with Gasteiger partial charge in [-0.15, -0.1) is 0 Å². The van der Waals surface area contributed by atoms with Crippen molar-refractivity contribution in [1.29, 1.82) is 0 Å². The molecule has 1 N–H and O–H groups in total. The van der Waals surface area contributed by atoms with Gasteiger partial charge in [0.25, 0.3) is 0 Å². The lowest BCUT2D eigenvalue weighted by Gasteiger charge is -2.14. The zero-order valence-corrected chi connectivity index (χ0v) is 14.7. The smallest absolute Gasteiger partial charge is 0.240 e. The number of nitrogens with zero attached hydrogens (tertiary/aromatic N) is 2. The zero-order chi connectivity index (χ0) is 17.3. The Morgan fingerprint density at radius 3 is 2.88 bits per heavy atom. The fourth-order valence-electron chi connectivity index (χ4n) is 2.72. The summed E-state index contributed by atoms with van der Waals surface area (Å²) in [6.07, 6.45) is 3.54. The molecule has 126 valence electrons. The Labute approximate surface area is 145 Å². The van der Waals surface area contributed by atoms with Crippen LogP contribution in [-0.2, 0) is 11.3 Å². The van der Waals surface area contributed by atoms with Crippen LogP contribution >= 0.6 is 11.6 Å². The summed E-state index contributed by atoms with van der Waals surface area (Å²) in [6.45, 7) is 6.25. The van der Waals surface area contributed by atoms with Gasteiger partial charge in [-0.25, -0.2) is 4.98 Å². The van der Waals surface area contributed by atoms with Gasteiger partial charge >= 0.3 is 0 Å². The maximum Gasteiger partial charge on any atom is 0.240 e. The lowest BCUT2D eigenvalue weighted by molar-refractivity contribution is -0.122. The van der Waals surface area contributed by atoms with E-state index in [-0.39, 0.29) is 24.4 Å². The maximum atomic E-state index is 12.3. The maximum absolute atomic E-state index is 12.3. The molecule has 0 aliphatic carbocycles. The fourth-order valence-corrected chi connectivity index (χ4v) is 2.90. The molecule has 0 saturated carbocycles. The van der Waals surface area contributed by atoms with Crippen molar-refractivity contribution in [2.75, 3.05) is 0 Å². The van der Waals surface area contributed by atoms with Gasteiger partial charge in [0, 0.05) is 28.7 Å². The van der Waals surface area contributed by atoms with Crippen LogP contribution in [-0.4, -0.2) is 15.5 Å². The third kappa shape index (κ3) is 3.46. The molecule has 2 heterocycles. The highest BCUT2D eigenvalue weighted by molar-refractivity contribution is 6.31. The molecule has 5 nitrogen and oxygen atoms in total. The van der Waals surface area contributed by atoms with Crippen LogP contribution in [0.5, 0.6) is 0 Å². The predicted molar refractivity (Wildman–Crippen MR) is 94.1 cm³/mol. The van der Waals surface area contributed by atoms with Crippen molar-refractivity contribution in [2.24, 2.45) is 0 Å². The van der Waals surface area contributed by atoms with Gasteiger partial charge in [0.15, 0.2) is 0 Å². The van der Waals surface area contributed by atoms with Crippen molar-refractivity contribution in [1.82, 2.24) is 14.9 Å². The second-order valence-corrected chi connectivity index (χ2v) is 6.62. The first kappa shape index (κ1) is 16.6. The second-order valence-electron chi connectivity index (χ2n) is 6.19. The summed E-state index contributed by atoms with van der Waals surface area (Å²) in [5.41, 5.74) is 0.757. The Morgan fingerprint density at radius 2 is 2.12 bits per heavy atom. The van der Waals surface area contributed by atoms with Gasteiger partial charge in [-0.05, 0) is 31.2 Å². The average molecular weight is 346 g/mol. The summed E-state index contributed by atoms with van der Waals surface area (Å²) >= 11 is 5.99. The summed E-state index contributed by atoms with van der Waals surface area (Å²) in [6, 6.07) is 7.14. The quantitative estimate of drug-likeness (QED) is 0.750. The molecule has 0 fully saturated rings. The molecule has 24 heavy (non-hydrogen) atoms. The molecule has 3 rings (SSSR count). The van der Waals surface area contributed by atoms with Crippen LogP contribution in [0.3, 0.4) is 0 Å². The van der Waals surface area contributed by atoms with E-state index in [1.807, 2.05) is 35.9 Å². The third-order valence-electron chi connectivity index (χ3n) is 3.88. The molecular weight excluding hydrogens is 326 g/mol. The number of amides is 1. The summed E-state index contributed by atoms with van der Waals surface area (Å²) < 4.78 is 7.66. The standard InChI is InChI=1S/C18H20ClN3O2/c1-11(2)18-20-6-7-22(18)10-17(23)21-12(3)16-9-13-8-14(19)4-5-15(13)24-16/h4-9,11-12H,10H2,1-3H3,(H,21,23)/t12-/m0/s1. The van der Waals surface area contributed by atoms with Gasteiger partial charge in [0.1, 0.15) is 23.7 Å². The van der Waals surface area contributed by atoms with Crippen molar-refractivity contribution >= 4 is 28.5 Å². The van der Waals surface area contributed by atoms with E-state index >= 15 is 0 Å². The number of benzene rings is 1. The first-order valence-corrected chi connectivity index (χ1v) is 8.31. The van der Waals surface area contributed by atoms with E-state index in [9.17, 15) is 4.79 Å². The molecule has 1 atom stereocenters. The van der Waals surface area contributed by atoms with Crippen molar-refractivity contribution in [2.45, 2.75) is 39.3 Å². The van der Waals surface area contributed by atoms with Crippen molar-refractivity contribution in [3.05, 3.63) is 53.3 Å². The van der Waals surface area contributed by atoms with E-state index in [2.05, 4.69) is 24.1 Å². The number of carbonyl (C=O) groups is 1. The van der Waals surface area contributed by atoms with Gasteiger partial charge < -0.3 is 14.3 Å². The molecule has 6 heteroatoms. The minimum absolute atomic E-state index is 0.0825. The number of carbonyl (C=O) groups excluding carboxylic acids is 1. The molecule has 1 aromatic carbocycles. The number of furan rings is 1. The summed E-state index contributed by atoms with van der Waals surface area (Å²) in [5.74, 6) is 1.79. The Balaban J connectivity index is 1.70. The van der Waals surface area contributed by atoms with Crippen LogP contribution in [0.4, 0.5) is 0 Å². The first-order valence-electron chi connectivity index (χ1n) is 7.93. The number of aromatic nitrogens is 2. The predicted octanol–water partition coefficient (Wildman–Crippen LogP) is 4.28. The lowest BCUT2D eigenvalue weighted by Crippen LogP contribution is -2.30. The molecule has 0 aliphatic rings. The molecular formula is C18H20ClN3O2. The monoisotopic (exact) mass is 345 g/mol. The zero-order valence-electron chi connectivity index (χ0n) is 13.9. The van der Waals surface area contributed by atoms with Crippen LogP contribution in [0, 0.1) is 0 Å². The van der Waals surface area contributed by atoms with E-state index in [0.29, 0.717) is 10.8 Å². The first-order chi connectivity index (χ1) is 11.4. The topological polar surface area (TPSA) is 60.1 Å². The van der Waals surface area contributed by atoms with Crippen molar-refractivity contribution < 1.29 is 9.21 Å². The molecule has 0 radical (unpaired) electrons. The molecule has 2 aromatic heterocycles. The van der Waals surface area contributed by atoms with Crippen LogP contribution in [0.2, 0.25) is 5.02 Å². The lowest BCUT2D eigenvalue weighted by atomic mass is 10.2. The Hall–Kier alpha value is -2.27. The number of nitrogens with one attached hydrogen (secondary N) is 1. The number of imidazole rings is 1. The van der Waals surface area contributed by atoms with Gasteiger partial charge in [0.2, 0.25) is 5.91 Å². The van der Waals surface area contributed by atoms with Crippen LogP contribution in [0.25, 0.3) is 11.0 Å². The van der Waals surface area contributed by atoms with Crippen LogP contribution in [0.15, 0.2) is 41.1 Å². The van der Waals surface area contributed by atoms with Crippen LogP contribution in [0.1, 0.15) is 44.3 Å². The van der Waals surface area contributed by atoms with Gasteiger partial charge in [-0.3, -0.25) is 4.79 Å². The van der Waals surface area contributed by atoms with Gasteiger partial charge in [-0.2, -0.15) is 0 Å². The number of halogens is 1. The largest absolute Gasteiger partial charge is 0.459 e. The second kappa shape index (κ2) is 6.69. The third-order valence-corrected chi connectivity index (χ3v) is 4.11. The highest BCUT2D eigenvalue weighted by atomic mass is 35.5. The van der Waals surface area contributed by atoms with Crippen molar-refractivity contribution in [3.63, 3.8) is 0 Å². The normalized spacial score (nSPS) is 12.7. The molecule has 0 saturated heterocycles. The molecule has 0 bridgehead atoms. The Bertz CT molecular complexity index is 866. The van der Waals surface area contributed by atoms with E-state index in [1.54, 1.807) is 12.3 Å². The Morgan fingerprint density at radius 1 is 1.33 bits per heavy atom. The summed E-state index contributed by atoms with van der Waals surface area (Å²) in [4.78, 5) is 16.6. The molecule has 1 amide bonds. The molecule has 3 aromatic rings. The summed E-state index contributed by atoms with van der Waals surface area (Å²) in [7, 11) is 0. The fraction of sp³-hybridized carbons (Fsp3) is 0.333. The number of hydrogen-bond donors (Lipinski definition) is 1. The summed E-state index contributed by atoms with van der Waals surface area (Å²) in [5, 5.41) is 4.55. The highest BCUT2D eigenvalue weighted by Gasteiger charge is 2.16. The van der Waals surface area contributed by atoms with E-state index < -0.39 is 0 Å². The van der Waals surface area contributed by atoms with Gasteiger partial charge in [0.05, 0.1) is 6.04 Å². The number of fused-ring (bicyclic) bond motifs is 1. The van der Waals surface area contributed by atoms with Crippen molar-refractivity contribution in [3.8, 4) is 0 Å². The highest BCUT2D eigenvalue weighted by Crippen LogP contribution is 2.26. The van der Waals surface area contributed by atoms with Crippen LogP contribution < -0.4 is 5.32 Å². The SMILES string of the molecule is CC(C)c1nccn1CC(=O)N[C@@H](C)c1cc2cc(Cl)ccc2o1. The minimum Gasteiger partial charge on any atom is -0.459 e. The molecule has 0 unspecified atom stereocenters. The average Bonchev–Trinajstić information content (AvgIpc) is 3.12. The minimum atomic E-state index is -0.227. The molecule has 0 spiro atoms. The molecule has 0 aliphatic heterocycles. The number of rotatable bonds is 5. The van der Waals surface area contributed by atoms with Gasteiger partial charge in [-0.1, -0.05) is 25.4 Å².